The minimum absolute atomic E-state index is 0.163. The summed E-state index contributed by atoms with van der Waals surface area (Å²) in [4.78, 5) is 24.6. The third-order valence-electron chi connectivity index (χ3n) is 2.97. The van der Waals surface area contributed by atoms with Gasteiger partial charge in [0.15, 0.2) is 0 Å². The number of carbonyl (C=O) groups excluding carboxylic acids is 1. The van der Waals surface area contributed by atoms with Crippen LogP contribution < -0.4 is 0 Å². The van der Waals surface area contributed by atoms with Gasteiger partial charge >= 0.3 is 12.1 Å². The van der Waals surface area contributed by atoms with Crippen molar-refractivity contribution in [2.75, 3.05) is 19.3 Å². The van der Waals surface area contributed by atoms with Crippen LogP contribution in [0.4, 0.5) is 4.79 Å². The van der Waals surface area contributed by atoms with Gasteiger partial charge in [-0.2, -0.15) is 11.8 Å². The minimum atomic E-state index is -1.17. The number of amides is 1. The Labute approximate surface area is 135 Å². The molecule has 1 aromatic rings. The number of aliphatic carboxylic acids is 1. The van der Waals surface area contributed by atoms with E-state index < -0.39 is 18.2 Å². The van der Waals surface area contributed by atoms with Crippen molar-refractivity contribution in [2.24, 2.45) is 0 Å². The molecule has 0 unspecified atom stereocenters. The van der Waals surface area contributed by atoms with Crippen molar-refractivity contribution in [2.45, 2.75) is 31.6 Å². The summed E-state index contributed by atoms with van der Waals surface area (Å²) in [6.45, 7) is 4.70. The summed E-state index contributed by atoms with van der Waals surface area (Å²) in [5.41, 5.74) is 0.820. The fourth-order valence-corrected chi connectivity index (χ4v) is 2.59. The van der Waals surface area contributed by atoms with E-state index in [1.165, 1.54) is 4.90 Å². The summed E-state index contributed by atoms with van der Waals surface area (Å²) in [7, 11) is 1.62. The number of carboxylic acids is 1. The van der Waals surface area contributed by atoms with E-state index in [2.05, 4.69) is 13.8 Å². The van der Waals surface area contributed by atoms with Gasteiger partial charge in [0.25, 0.3) is 0 Å². The molecule has 1 rings (SSSR count). The van der Waals surface area contributed by atoms with Crippen molar-refractivity contribution in [1.29, 1.82) is 0 Å². The molecule has 122 valence electrons. The standard InChI is InChI=1S/C16H23NO4S/c1-12(2)22-10-9-17(3)16(20)21-14(15(18)19)11-13-7-5-4-6-8-13/h4-8,12,14H,9-11H2,1-3H3,(H,18,19)/t14-/m0/s1. The van der Waals surface area contributed by atoms with Crippen molar-refractivity contribution in [3.8, 4) is 0 Å². The van der Waals surface area contributed by atoms with Crippen LogP contribution in [0.1, 0.15) is 19.4 Å². The van der Waals surface area contributed by atoms with E-state index in [4.69, 9.17) is 4.74 Å². The van der Waals surface area contributed by atoms with Gasteiger partial charge in [-0.15, -0.1) is 0 Å². The predicted octanol–water partition coefficient (Wildman–Crippen LogP) is 2.89. The van der Waals surface area contributed by atoms with Gasteiger partial charge in [-0.05, 0) is 10.8 Å². The van der Waals surface area contributed by atoms with E-state index in [9.17, 15) is 14.7 Å². The lowest BCUT2D eigenvalue weighted by molar-refractivity contribution is -0.147. The first-order valence-electron chi connectivity index (χ1n) is 7.20. The Hall–Kier alpha value is -1.69. The van der Waals surface area contributed by atoms with Gasteiger partial charge in [0.05, 0.1) is 0 Å². The largest absolute Gasteiger partial charge is 0.478 e. The van der Waals surface area contributed by atoms with Crippen molar-refractivity contribution in [3.05, 3.63) is 35.9 Å². The highest BCUT2D eigenvalue weighted by atomic mass is 32.2. The molecular weight excluding hydrogens is 302 g/mol. The molecule has 0 spiro atoms. The molecule has 0 saturated carbocycles. The predicted molar refractivity (Wildman–Crippen MR) is 88.3 cm³/mol. The zero-order chi connectivity index (χ0) is 16.5. The molecule has 0 fully saturated rings. The monoisotopic (exact) mass is 325 g/mol. The van der Waals surface area contributed by atoms with Crippen LogP contribution in [-0.2, 0) is 16.0 Å². The second-order valence-corrected chi connectivity index (χ2v) is 6.93. The SMILES string of the molecule is CC(C)SCCN(C)C(=O)O[C@@H](Cc1ccccc1)C(=O)O. The highest BCUT2D eigenvalue weighted by molar-refractivity contribution is 7.99. The number of thioether (sulfide) groups is 1. The molecule has 0 radical (unpaired) electrons. The summed E-state index contributed by atoms with van der Waals surface area (Å²) < 4.78 is 5.11. The molecule has 1 N–H and O–H groups in total. The highest BCUT2D eigenvalue weighted by Crippen LogP contribution is 2.11. The van der Waals surface area contributed by atoms with Gasteiger partial charge in [-0.3, -0.25) is 0 Å². The topological polar surface area (TPSA) is 66.8 Å². The lowest BCUT2D eigenvalue weighted by Crippen LogP contribution is -2.37. The first kappa shape index (κ1) is 18.4. The number of ether oxygens (including phenoxy) is 1. The second kappa shape index (κ2) is 9.35. The van der Waals surface area contributed by atoms with Gasteiger partial charge in [-0.25, -0.2) is 9.59 Å². The number of nitrogens with zero attached hydrogens (tertiary/aromatic N) is 1. The van der Waals surface area contributed by atoms with E-state index in [1.54, 1.807) is 18.8 Å². The molecule has 1 atom stereocenters. The maximum Gasteiger partial charge on any atom is 0.410 e. The molecule has 1 aromatic carbocycles. The van der Waals surface area contributed by atoms with Crippen LogP contribution in [0.3, 0.4) is 0 Å². The first-order valence-corrected chi connectivity index (χ1v) is 8.25. The van der Waals surface area contributed by atoms with E-state index in [1.807, 2.05) is 30.3 Å². The maximum atomic E-state index is 12.0. The van der Waals surface area contributed by atoms with E-state index in [0.717, 1.165) is 11.3 Å². The Balaban J connectivity index is 2.52. The normalized spacial score (nSPS) is 12.0. The van der Waals surface area contributed by atoms with Crippen LogP contribution in [0.25, 0.3) is 0 Å². The van der Waals surface area contributed by atoms with Crippen molar-refractivity contribution < 1.29 is 19.4 Å². The van der Waals surface area contributed by atoms with Gasteiger partial charge in [0, 0.05) is 25.8 Å². The summed E-state index contributed by atoms with van der Waals surface area (Å²) in [6.07, 6.45) is -1.61. The van der Waals surface area contributed by atoms with Crippen molar-refractivity contribution in [3.63, 3.8) is 0 Å². The number of carboxylic acid groups (broad SMARTS) is 1. The molecule has 0 saturated heterocycles. The Morgan fingerprint density at radius 1 is 1.27 bits per heavy atom. The third-order valence-corrected chi connectivity index (χ3v) is 4.06. The summed E-state index contributed by atoms with van der Waals surface area (Å²) in [5.74, 6) is -0.346. The molecule has 22 heavy (non-hydrogen) atoms. The van der Waals surface area contributed by atoms with Gasteiger partial charge in [-0.1, -0.05) is 44.2 Å². The molecular formula is C16H23NO4S. The highest BCUT2D eigenvalue weighted by Gasteiger charge is 2.24. The van der Waals surface area contributed by atoms with Crippen molar-refractivity contribution >= 4 is 23.8 Å². The number of benzene rings is 1. The first-order chi connectivity index (χ1) is 10.4. The fourth-order valence-electron chi connectivity index (χ4n) is 1.74. The minimum Gasteiger partial charge on any atom is -0.478 e. The average molecular weight is 325 g/mol. The van der Waals surface area contributed by atoms with Crippen LogP contribution in [0.2, 0.25) is 0 Å². The van der Waals surface area contributed by atoms with E-state index in [-0.39, 0.29) is 6.42 Å². The average Bonchev–Trinajstić information content (AvgIpc) is 2.46. The molecule has 1 amide bonds. The van der Waals surface area contributed by atoms with Crippen LogP contribution in [0.5, 0.6) is 0 Å². The van der Waals surface area contributed by atoms with Gasteiger partial charge < -0.3 is 14.7 Å². The van der Waals surface area contributed by atoms with E-state index in [0.29, 0.717) is 11.8 Å². The lowest BCUT2D eigenvalue weighted by atomic mass is 10.1. The van der Waals surface area contributed by atoms with Crippen molar-refractivity contribution in [1.82, 2.24) is 4.90 Å². The Morgan fingerprint density at radius 2 is 1.91 bits per heavy atom. The molecule has 0 aliphatic carbocycles. The lowest BCUT2D eigenvalue weighted by Gasteiger charge is -2.20. The molecule has 0 heterocycles. The molecule has 0 aromatic heterocycles. The molecule has 0 aliphatic heterocycles. The number of hydrogen-bond donors (Lipinski definition) is 1. The van der Waals surface area contributed by atoms with Crippen LogP contribution >= 0.6 is 11.8 Å². The molecule has 0 bridgehead atoms. The summed E-state index contributed by atoms with van der Waals surface area (Å²) in [5, 5.41) is 9.71. The van der Waals surface area contributed by atoms with Crippen LogP contribution in [0.15, 0.2) is 30.3 Å². The molecule has 0 aliphatic rings. The Morgan fingerprint density at radius 3 is 2.45 bits per heavy atom. The fraction of sp³-hybridized carbons (Fsp3) is 0.500. The summed E-state index contributed by atoms with van der Waals surface area (Å²) in [6, 6.07) is 9.13. The maximum absolute atomic E-state index is 12.0. The number of hydrogen-bond acceptors (Lipinski definition) is 4. The van der Waals surface area contributed by atoms with Gasteiger partial charge in [0.1, 0.15) is 0 Å². The van der Waals surface area contributed by atoms with Gasteiger partial charge in [0.2, 0.25) is 6.10 Å². The zero-order valence-electron chi connectivity index (χ0n) is 13.2. The number of carbonyl (C=O) groups is 2. The Bertz CT molecular complexity index is 478. The quantitative estimate of drug-likeness (QED) is 0.796. The third kappa shape index (κ3) is 6.85. The number of rotatable bonds is 8. The molecule has 6 heteroatoms. The second-order valence-electron chi connectivity index (χ2n) is 5.24. The molecule has 5 nitrogen and oxygen atoms in total. The van der Waals surface area contributed by atoms with E-state index >= 15 is 0 Å². The van der Waals surface area contributed by atoms with Crippen LogP contribution in [0, 0.1) is 0 Å². The summed E-state index contributed by atoms with van der Waals surface area (Å²) >= 11 is 1.74. The zero-order valence-corrected chi connectivity index (χ0v) is 14.0. The smallest absolute Gasteiger partial charge is 0.410 e. The van der Waals surface area contributed by atoms with Crippen LogP contribution in [-0.4, -0.2) is 52.8 Å². The Kier molecular flexibility index (Phi) is 7.80.